The number of aliphatic hydroxyl groups excluding tert-OH is 1. The summed E-state index contributed by atoms with van der Waals surface area (Å²) in [7, 11) is 0. The molecule has 12 heteroatoms. The van der Waals surface area contributed by atoms with Gasteiger partial charge in [-0.15, -0.1) is 11.8 Å². The van der Waals surface area contributed by atoms with Crippen molar-refractivity contribution >= 4 is 41.3 Å². The maximum absolute atomic E-state index is 13.2. The van der Waals surface area contributed by atoms with E-state index >= 15 is 0 Å². The predicted molar refractivity (Wildman–Crippen MR) is 184 cm³/mol. The molecular formula is C38H36N2O9S. The van der Waals surface area contributed by atoms with Gasteiger partial charge in [0, 0.05) is 22.1 Å². The van der Waals surface area contributed by atoms with E-state index in [0.717, 1.165) is 26.5 Å². The van der Waals surface area contributed by atoms with Gasteiger partial charge in [-0.2, -0.15) is 0 Å². The molecule has 4 aromatic carbocycles. The molecule has 0 saturated carbocycles. The van der Waals surface area contributed by atoms with Gasteiger partial charge >= 0.3 is 12.1 Å². The summed E-state index contributed by atoms with van der Waals surface area (Å²) in [5.74, 6) is -1.50. The second-order valence-electron chi connectivity index (χ2n) is 12.1. The largest absolute Gasteiger partial charge is 0.478 e. The molecule has 3 N–H and O–H groups in total. The number of ether oxygens (including phenoxy) is 3. The summed E-state index contributed by atoms with van der Waals surface area (Å²) in [6.45, 7) is 2.01. The molecule has 11 nitrogen and oxygen atoms in total. The van der Waals surface area contributed by atoms with Crippen LogP contribution in [-0.4, -0.2) is 52.0 Å². The lowest BCUT2D eigenvalue weighted by Gasteiger charge is -2.41. The fourth-order valence-corrected chi connectivity index (χ4v) is 6.95. The third kappa shape index (κ3) is 8.06. The van der Waals surface area contributed by atoms with Crippen LogP contribution in [0.15, 0.2) is 108 Å². The molecule has 0 radical (unpaired) electrons. The number of rotatable bonds is 11. The molecule has 5 atom stereocenters. The molecule has 258 valence electrons. The second kappa shape index (κ2) is 15.7. The number of thioether (sulfide) groups is 1. The van der Waals surface area contributed by atoms with Crippen molar-refractivity contribution in [1.82, 2.24) is 5.32 Å². The Hall–Kier alpha value is -5.01. The smallest absolute Gasteiger partial charge is 0.408 e. The van der Waals surface area contributed by atoms with Crippen LogP contribution >= 0.6 is 11.8 Å². The normalized spacial score (nSPS) is 22.0. The zero-order chi connectivity index (χ0) is 35.2. The average molecular weight is 697 g/mol. The van der Waals surface area contributed by atoms with Crippen LogP contribution < -0.4 is 10.2 Å². The monoisotopic (exact) mass is 696 g/mol. The maximum Gasteiger partial charge on any atom is 0.408 e. The van der Waals surface area contributed by atoms with Crippen molar-refractivity contribution in [3.8, 4) is 0 Å². The molecule has 1 unspecified atom stereocenters. The Morgan fingerprint density at radius 1 is 0.880 bits per heavy atom. The number of carboxylic acid groups (broad SMARTS) is 1. The van der Waals surface area contributed by atoms with Crippen molar-refractivity contribution in [2.75, 3.05) is 10.7 Å². The minimum Gasteiger partial charge on any atom is -0.478 e. The van der Waals surface area contributed by atoms with Crippen LogP contribution in [0.25, 0.3) is 0 Å². The fraction of sp³-hybridized carbons (Fsp3) is 0.263. The minimum absolute atomic E-state index is 0.0328. The first-order chi connectivity index (χ1) is 24.2. The van der Waals surface area contributed by atoms with Crippen molar-refractivity contribution in [3.05, 3.63) is 131 Å². The molecule has 3 amide bonds. The summed E-state index contributed by atoms with van der Waals surface area (Å²) in [6, 6.07) is 29.1. The number of imide groups is 1. The first-order valence-corrected chi connectivity index (χ1v) is 17.1. The van der Waals surface area contributed by atoms with E-state index in [1.807, 2.05) is 54.6 Å². The highest BCUT2D eigenvalue weighted by molar-refractivity contribution is 7.99. The topological polar surface area (TPSA) is 152 Å². The van der Waals surface area contributed by atoms with Gasteiger partial charge in [-0.1, -0.05) is 73.7 Å². The van der Waals surface area contributed by atoms with Gasteiger partial charge in [0.1, 0.15) is 12.6 Å². The number of hydrogen-bond donors (Lipinski definition) is 3. The molecule has 2 heterocycles. The summed E-state index contributed by atoms with van der Waals surface area (Å²) in [5, 5.41) is 21.3. The first-order valence-electron chi connectivity index (χ1n) is 16.1. The Kier molecular flexibility index (Phi) is 10.9. The summed E-state index contributed by atoms with van der Waals surface area (Å²) in [6.07, 6.45) is -2.38. The van der Waals surface area contributed by atoms with Gasteiger partial charge in [-0.05, 0) is 53.1 Å². The Morgan fingerprint density at radius 3 is 2.22 bits per heavy atom. The molecule has 0 aromatic heterocycles. The van der Waals surface area contributed by atoms with Gasteiger partial charge in [-0.3, -0.25) is 9.59 Å². The van der Waals surface area contributed by atoms with E-state index in [-0.39, 0.29) is 43.3 Å². The summed E-state index contributed by atoms with van der Waals surface area (Å²) < 4.78 is 18.3. The van der Waals surface area contributed by atoms with Crippen LogP contribution in [0.3, 0.4) is 0 Å². The summed E-state index contributed by atoms with van der Waals surface area (Å²) in [5.41, 5.74) is 3.74. The zero-order valence-electron chi connectivity index (χ0n) is 27.1. The second-order valence-corrected chi connectivity index (χ2v) is 13.2. The van der Waals surface area contributed by atoms with E-state index in [9.17, 15) is 29.4 Å². The number of amides is 3. The quantitative estimate of drug-likeness (QED) is 0.125. The lowest BCUT2D eigenvalue weighted by molar-refractivity contribution is -0.268. The van der Waals surface area contributed by atoms with E-state index in [1.54, 1.807) is 60.3 Å². The van der Waals surface area contributed by atoms with Crippen LogP contribution in [0.1, 0.15) is 58.4 Å². The van der Waals surface area contributed by atoms with Crippen LogP contribution in [0.2, 0.25) is 0 Å². The highest BCUT2D eigenvalue weighted by Crippen LogP contribution is 2.43. The molecule has 2 aliphatic rings. The van der Waals surface area contributed by atoms with Crippen LogP contribution in [-0.2, 0) is 37.0 Å². The van der Waals surface area contributed by atoms with E-state index in [0.29, 0.717) is 17.0 Å². The lowest BCUT2D eigenvalue weighted by Crippen LogP contribution is -2.42. The predicted octanol–water partition coefficient (Wildman–Crippen LogP) is 6.02. The van der Waals surface area contributed by atoms with Crippen molar-refractivity contribution in [2.24, 2.45) is 5.92 Å². The Labute approximate surface area is 293 Å². The standard InChI is InChI=1S/C38H36N2O9S/c1-23-32(22-50-30-17-13-27(14-18-30)36(44)45)48-37(49-34(23)26-9-7-24(20-41)8-10-26)28-11-15-29(16-12-28)40-33(42)19-31(35(40)43)39-38(46)47-21-25-5-3-2-4-6-25/h2-18,23,31-32,34,37,41H,19-22H2,1H3,(H,39,46)(H,44,45)/t23-,31?,32+,34+,37+/m1/s1. The van der Waals surface area contributed by atoms with Crippen molar-refractivity contribution in [2.45, 2.75) is 56.0 Å². The average Bonchev–Trinajstić information content (AvgIpc) is 3.42. The van der Waals surface area contributed by atoms with Crippen molar-refractivity contribution < 1.29 is 43.6 Å². The number of nitrogens with one attached hydrogen (secondary N) is 1. The maximum atomic E-state index is 13.2. The number of carbonyl (C=O) groups excluding carboxylic acids is 3. The van der Waals surface area contributed by atoms with E-state index in [4.69, 9.17) is 14.2 Å². The summed E-state index contributed by atoms with van der Waals surface area (Å²) >= 11 is 1.55. The molecule has 0 bridgehead atoms. The number of hydrogen-bond acceptors (Lipinski definition) is 9. The SMILES string of the molecule is C[C@@H]1[C@H](CSc2ccc(C(=O)O)cc2)O[C@H](c2ccc(N3C(=O)CC(NC(=O)OCc4ccccc4)C3=O)cc2)O[C@@H]1c1ccc(CO)cc1. The molecule has 0 spiro atoms. The number of aliphatic hydroxyl groups is 1. The van der Waals surface area contributed by atoms with Crippen molar-refractivity contribution in [3.63, 3.8) is 0 Å². The number of anilines is 1. The van der Waals surface area contributed by atoms with Gasteiger partial charge in [0.15, 0.2) is 6.29 Å². The number of benzene rings is 4. The Bertz CT molecular complexity index is 1820. The third-order valence-corrected chi connectivity index (χ3v) is 9.81. The molecule has 0 aliphatic carbocycles. The summed E-state index contributed by atoms with van der Waals surface area (Å²) in [4.78, 5) is 51.8. The Balaban J connectivity index is 1.15. The number of carboxylic acids is 1. The molecule has 50 heavy (non-hydrogen) atoms. The van der Waals surface area contributed by atoms with Crippen molar-refractivity contribution in [1.29, 1.82) is 0 Å². The fourth-order valence-electron chi connectivity index (χ4n) is 5.89. The van der Waals surface area contributed by atoms with E-state index in [1.165, 1.54) is 0 Å². The molecule has 4 aromatic rings. The molecule has 2 aliphatic heterocycles. The minimum atomic E-state index is -1.05. The molecule has 2 fully saturated rings. The number of aromatic carboxylic acids is 1. The highest BCUT2D eigenvalue weighted by Gasteiger charge is 2.42. The molecule has 6 rings (SSSR count). The van der Waals surface area contributed by atoms with Gasteiger partial charge in [-0.25, -0.2) is 14.5 Å². The number of nitrogens with zero attached hydrogens (tertiary/aromatic N) is 1. The lowest BCUT2D eigenvalue weighted by atomic mass is 9.91. The number of carbonyl (C=O) groups is 4. The van der Waals surface area contributed by atoms with Gasteiger partial charge in [0.25, 0.3) is 5.91 Å². The van der Waals surface area contributed by atoms with E-state index < -0.39 is 36.2 Å². The van der Waals surface area contributed by atoms with Crippen LogP contribution in [0.4, 0.5) is 10.5 Å². The molecular weight excluding hydrogens is 660 g/mol. The van der Waals surface area contributed by atoms with Gasteiger partial charge < -0.3 is 29.7 Å². The Morgan fingerprint density at radius 2 is 1.56 bits per heavy atom. The van der Waals surface area contributed by atoms with Gasteiger partial charge in [0.05, 0.1) is 36.5 Å². The van der Waals surface area contributed by atoms with Crippen LogP contribution in [0, 0.1) is 5.92 Å². The van der Waals surface area contributed by atoms with E-state index in [2.05, 4.69) is 12.2 Å². The zero-order valence-corrected chi connectivity index (χ0v) is 28.0. The van der Waals surface area contributed by atoms with Gasteiger partial charge in [0.2, 0.25) is 5.91 Å². The molecule has 2 saturated heterocycles. The number of alkyl carbamates (subject to hydrolysis) is 1. The first kappa shape index (κ1) is 34.8. The highest BCUT2D eigenvalue weighted by atomic mass is 32.2. The van der Waals surface area contributed by atoms with Crippen LogP contribution in [0.5, 0.6) is 0 Å². The third-order valence-electron chi connectivity index (χ3n) is 8.71.